The second kappa shape index (κ2) is 11.4. The summed E-state index contributed by atoms with van der Waals surface area (Å²) in [5.74, 6) is -0.0982. The maximum absolute atomic E-state index is 10.3. The Labute approximate surface area is 114 Å². The van der Waals surface area contributed by atoms with Crippen LogP contribution in [0, 0.1) is 5.92 Å². The van der Waals surface area contributed by atoms with Crippen LogP contribution in [0.25, 0.3) is 0 Å². The van der Waals surface area contributed by atoms with E-state index in [9.17, 15) is 9.59 Å². The number of carboxylic acid groups (broad SMARTS) is 2. The summed E-state index contributed by atoms with van der Waals surface area (Å²) < 4.78 is 0. The summed E-state index contributed by atoms with van der Waals surface area (Å²) in [6, 6.07) is 0. The molecule has 2 N–H and O–H groups in total. The Bertz CT molecular complexity index is 243. The normalized spacial score (nSPS) is 12.3. The van der Waals surface area contributed by atoms with Crippen LogP contribution in [0.4, 0.5) is 0 Å². The molecule has 0 spiro atoms. The van der Waals surface area contributed by atoms with Crippen molar-refractivity contribution < 1.29 is 19.8 Å². The molecule has 5 heteroatoms. The molecule has 0 heterocycles. The van der Waals surface area contributed by atoms with E-state index in [4.69, 9.17) is 10.2 Å². The lowest BCUT2D eigenvalue weighted by atomic mass is 9.96. The van der Waals surface area contributed by atoms with Crippen molar-refractivity contribution in [1.29, 1.82) is 0 Å². The van der Waals surface area contributed by atoms with Crippen LogP contribution < -0.4 is 0 Å². The quantitative estimate of drug-likeness (QED) is 0.378. The van der Waals surface area contributed by atoms with Crippen LogP contribution in [0.2, 0.25) is 0 Å². The van der Waals surface area contributed by atoms with E-state index in [0.717, 1.165) is 50.7 Å². The Morgan fingerprint density at radius 1 is 0.833 bits per heavy atom. The van der Waals surface area contributed by atoms with Gasteiger partial charge in [0.15, 0.2) is 0 Å². The van der Waals surface area contributed by atoms with Crippen molar-refractivity contribution in [1.82, 2.24) is 0 Å². The first-order valence-corrected chi connectivity index (χ1v) is 7.24. The Balaban J connectivity index is 3.46. The number of rotatable bonds is 12. The topological polar surface area (TPSA) is 74.6 Å². The maximum atomic E-state index is 10.3. The summed E-state index contributed by atoms with van der Waals surface area (Å²) in [5, 5.41) is 17.0. The molecule has 0 aliphatic rings. The van der Waals surface area contributed by atoms with E-state index in [1.165, 1.54) is 0 Å². The number of thiol groups is 1. The zero-order valence-electron chi connectivity index (χ0n) is 10.8. The van der Waals surface area contributed by atoms with Crippen LogP contribution in [0.1, 0.15) is 57.8 Å². The van der Waals surface area contributed by atoms with Crippen molar-refractivity contribution in [3.05, 3.63) is 0 Å². The van der Waals surface area contributed by atoms with E-state index < -0.39 is 11.9 Å². The molecule has 0 unspecified atom stereocenters. The van der Waals surface area contributed by atoms with Gasteiger partial charge in [0.05, 0.1) is 0 Å². The molecule has 0 saturated carbocycles. The predicted molar refractivity (Wildman–Crippen MR) is 74.2 cm³/mol. The number of aliphatic carboxylic acids is 2. The van der Waals surface area contributed by atoms with Gasteiger partial charge in [-0.3, -0.25) is 9.59 Å². The first kappa shape index (κ1) is 17.3. The van der Waals surface area contributed by atoms with Gasteiger partial charge in [-0.05, 0) is 37.4 Å². The van der Waals surface area contributed by atoms with Crippen molar-refractivity contribution in [2.75, 3.05) is 5.75 Å². The van der Waals surface area contributed by atoms with Gasteiger partial charge in [0, 0.05) is 12.8 Å². The highest BCUT2D eigenvalue weighted by Crippen LogP contribution is 2.19. The van der Waals surface area contributed by atoms with E-state index in [0.29, 0.717) is 5.92 Å². The molecule has 0 aliphatic carbocycles. The average Bonchev–Trinajstić information content (AvgIpc) is 2.30. The fourth-order valence-corrected chi connectivity index (χ4v) is 2.29. The summed E-state index contributed by atoms with van der Waals surface area (Å²) in [6.07, 6.45) is 7.00. The third-order valence-electron chi connectivity index (χ3n) is 3.01. The number of carbonyl (C=O) groups is 2. The molecular weight excluding hydrogens is 252 g/mol. The number of unbranched alkanes of at least 4 members (excludes halogenated alkanes) is 3. The predicted octanol–water partition coefficient (Wildman–Crippen LogP) is 3.21. The standard InChI is InChI=1S/C13H24O4S/c14-12(15)8-3-1-2-6-11(10-18)7-4-5-9-13(16)17/h11,18H,1-10H2,(H,14,15)(H,16,17)/t11-/m0/s1. The fraction of sp³-hybridized carbons (Fsp3) is 0.846. The zero-order chi connectivity index (χ0) is 13.8. The largest absolute Gasteiger partial charge is 0.481 e. The van der Waals surface area contributed by atoms with Crippen LogP contribution in [-0.4, -0.2) is 27.9 Å². The first-order chi connectivity index (χ1) is 8.56. The monoisotopic (exact) mass is 276 g/mol. The molecular formula is C13H24O4S. The summed E-state index contributed by atoms with van der Waals surface area (Å²) in [7, 11) is 0. The zero-order valence-corrected chi connectivity index (χ0v) is 11.7. The van der Waals surface area contributed by atoms with Gasteiger partial charge in [-0.15, -0.1) is 0 Å². The van der Waals surface area contributed by atoms with Gasteiger partial charge in [-0.1, -0.05) is 19.3 Å². The third kappa shape index (κ3) is 11.8. The third-order valence-corrected chi connectivity index (χ3v) is 3.53. The molecule has 0 radical (unpaired) electrons. The van der Waals surface area contributed by atoms with E-state index in [-0.39, 0.29) is 12.8 Å². The summed E-state index contributed by atoms with van der Waals surface area (Å²) in [6.45, 7) is 0. The minimum Gasteiger partial charge on any atom is -0.481 e. The van der Waals surface area contributed by atoms with Gasteiger partial charge in [0.25, 0.3) is 0 Å². The van der Waals surface area contributed by atoms with Crippen LogP contribution in [-0.2, 0) is 9.59 Å². The summed E-state index contributed by atoms with van der Waals surface area (Å²) in [5.41, 5.74) is 0. The molecule has 0 aromatic heterocycles. The number of carboxylic acids is 2. The van der Waals surface area contributed by atoms with E-state index >= 15 is 0 Å². The SMILES string of the molecule is O=C(O)CCCCC[C@H](CS)CCCCC(=O)O. The highest BCUT2D eigenvalue weighted by atomic mass is 32.1. The van der Waals surface area contributed by atoms with Gasteiger partial charge < -0.3 is 10.2 Å². The minimum absolute atomic E-state index is 0.248. The molecule has 0 bridgehead atoms. The minimum atomic E-state index is -0.730. The van der Waals surface area contributed by atoms with Gasteiger partial charge in [0.2, 0.25) is 0 Å². The lowest BCUT2D eigenvalue weighted by Gasteiger charge is -2.13. The molecule has 106 valence electrons. The molecule has 18 heavy (non-hydrogen) atoms. The smallest absolute Gasteiger partial charge is 0.303 e. The molecule has 0 fully saturated rings. The van der Waals surface area contributed by atoms with Crippen molar-refractivity contribution in [3.8, 4) is 0 Å². The average molecular weight is 276 g/mol. The lowest BCUT2D eigenvalue weighted by Crippen LogP contribution is -2.04. The second-order valence-corrected chi connectivity index (χ2v) is 5.05. The molecule has 1 atom stereocenters. The van der Waals surface area contributed by atoms with Gasteiger partial charge >= 0.3 is 11.9 Å². The Hall–Kier alpha value is -0.710. The van der Waals surface area contributed by atoms with Crippen molar-refractivity contribution in [2.24, 2.45) is 5.92 Å². The molecule has 0 saturated heterocycles. The van der Waals surface area contributed by atoms with Crippen molar-refractivity contribution in [3.63, 3.8) is 0 Å². The highest BCUT2D eigenvalue weighted by molar-refractivity contribution is 7.80. The summed E-state index contributed by atoms with van der Waals surface area (Å²) >= 11 is 4.31. The number of hydrogen-bond acceptors (Lipinski definition) is 3. The maximum Gasteiger partial charge on any atom is 0.303 e. The van der Waals surface area contributed by atoms with E-state index in [1.54, 1.807) is 0 Å². The molecule has 0 aromatic carbocycles. The molecule has 0 aliphatic heterocycles. The Morgan fingerprint density at radius 3 is 1.72 bits per heavy atom. The van der Waals surface area contributed by atoms with Crippen molar-refractivity contribution in [2.45, 2.75) is 57.8 Å². The Kier molecular flexibility index (Phi) is 10.9. The van der Waals surface area contributed by atoms with Crippen LogP contribution in [0.15, 0.2) is 0 Å². The lowest BCUT2D eigenvalue weighted by molar-refractivity contribution is -0.138. The molecule has 0 amide bonds. The van der Waals surface area contributed by atoms with Gasteiger partial charge in [0.1, 0.15) is 0 Å². The van der Waals surface area contributed by atoms with Gasteiger partial charge in [-0.2, -0.15) is 12.6 Å². The van der Waals surface area contributed by atoms with Crippen molar-refractivity contribution >= 4 is 24.6 Å². The Morgan fingerprint density at radius 2 is 1.28 bits per heavy atom. The highest BCUT2D eigenvalue weighted by Gasteiger charge is 2.07. The molecule has 0 aromatic rings. The van der Waals surface area contributed by atoms with Crippen LogP contribution in [0.5, 0.6) is 0 Å². The first-order valence-electron chi connectivity index (χ1n) is 6.60. The van der Waals surface area contributed by atoms with E-state index in [1.807, 2.05) is 0 Å². The fourth-order valence-electron chi connectivity index (χ4n) is 1.92. The molecule has 4 nitrogen and oxygen atoms in total. The van der Waals surface area contributed by atoms with Gasteiger partial charge in [-0.25, -0.2) is 0 Å². The second-order valence-electron chi connectivity index (χ2n) is 4.68. The summed E-state index contributed by atoms with van der Waals surface area (Å²) in [4.78, 5) is 20.7. The molecule has 0 rings (SSSR count). The number of hydrogen-bond donors (Lipinski definition) is 3. The van der Waals surface area contributed by atoms with E-state index in [2.05, 4.69) is 12.6 Å². The van der Waals surface area contributed by atoms with Crippen LogP contribution >= 0.6 is 12.6 Å². The van der Waals surface area contributed by atoms with Crippen LogP contribution in [0.3, 0.4) is 0 Å².